The van der Waals surface area contributed by atoms with Gasteiger partial charge in [0.15, 0.2) is 5.75 Å². The van der Waals surface area contributed by atoms with Gasteiger partial charge in [-0.15, -0.1) is 0 Å². The molecule has 0 spiro atoms. The summed E-state index contributed by atoms with van der Waals surface area (Å²) in [4.78, 5) is 0. The standard InChI is InChI=1S/C13H14N2O3/c14-5-6-16-7-8-17-13-10-3-1-2-4-11(10)18-12(13)9-15/h1-4H,5-8,14H2. The van der Waals surface area contributed by atoms with E-state index in [1.807, 2.05) is 24.3 Å². The van der Waals surface area contributed by atoms with Crippen LogP contribution < -0.4 is 10.5 Å². The van der Waals surface area contributed by atoms with Crippen LogP contribution >= 0.6 is 0 Å². The molecule has 0 saturated heterocycles. The number of nitrogens with two attached hydrogens (primary N) is 1. The van der Waals surface area contributed by atoms with Crippen LogP contribution in [0.2, 0.25) is 0 Å². The molecule has 2 rings (SSSR count). The zero-order valence-electron chi connectivity index (χ0n) is 9.89. The minimum atomic E-state index is 0.190. The van der Waals surface area contributed by atoms with Crippen LogP contribution in [0.15, 0.2) is 28.7 Å². The van der Waals surface area contributed by atoms with E-state index in [0.717, 1.165) is 5.39 Å². The zero-order chi connectivity index (χ0) is 12.8. The summed E-state index contributed by atoms with van der Waals surface area (Å²) < 4.78 is 16.1. The Hall–Kier alpha value is -2.03. The number of fused-ring (bicyclic) bond motifs is 1. The highest BCUT2D eigenvalue weighted by Gasteiger charge is 2.14. The van der Waals surface area contributed by atoms with Crippen molar-refractivity contribution >= 4 is 11.0 Å². The first kappa shape index (κ1) is 12.4. The molecule has 0 unspecified atom stereocenters. The molecule has 0 atom stereocenters. The zero-order valence-corrected chi connectivity index (χ0v) is 9.89. The van der Waals surface area contributed by atoms with Gasteiger partial charge in [-0.05, 0) is 12.1 Å². The summed E-state index contributed by atoms with van der Waals surface area (Å²) in [5.74, 6) is 0.666. The third-order valence-electron chi connectivity index (χ3n) is 2.39. The van der Waals surface area contributed by atoms with E-state index >= 15 is 0 Å². The molecule has 2 N–H and O–H groups in total. The number of rotatable bonds is 6. The fourth-order valence-corrected chi connectivity index (χ4v) is 1.63. The number of benzene rings is 1. The number of para-hydroxylation sites is 1. The fraction of sp³-hybridized carbons (Fsp3) is 0.308. The maximum absolute atomic E-state index is 8.99. The monoisotopic (exact) mass is 246 g/mol. The van der Waals surface area contributed by atoms with Crippen LogP contribution in [0, 0.1) is 11.3 Å². The topological polar surface area (TPSA) is 81.4 Å². The molecule has 0 radical (unpaired) electrons. The van der Waals surface area contributed by atoms with Crippen LogP contribution in [0.25, 0.3) is 11.0 Å². The van der Waals surface area contributed by atoms with Crippen molar-refractivity contribution in [1.29, 1.82) is 5.26 Å². The highest BCUT2D eigenvalue weighted by atomic mass is 16.5. The molecule has 0 amide bonds. The summed E-state index contributed by atoms with van der Waals surface area (Å²) in [6, 6.07) is 9.36. The van der Waals surface area contributed by atoms with Gasteiger partial charge in [0, 0.05) is 6.54 Å². The first-order valence-electron chi connectivity index (χ1n) is 5.69. The molecular weight excluding hydrogens is 232 g/mol. The molecule has 0 bridgehead atoms. The van der Waals surface area contributed by atoms with Gasteiger partial charge >= 0.3 is 0 Å². The van der Waals surface area contributed by atoms with Crippen LogP contribution in [0.3, 0.4) is 0 Å². The summed E-state index contributed by atoms with van der Waals surface area (Å²) in [5.41, 5.74) is 5.95. The SMILES string of the molecule is N#Cc1oc2ccccc2c1OCCOCCN. The molecule has 1 aromatic carbocycles. The van der Waals surface area contributed by atoms with Crippen LogP contribution in [0.1, 0.15) is 5.76 Å². The Morgan fingerprint density at radius 3 is 2.83 bits per heavy atom. The normalized spacial score (nSPS) is 10.4. The Labute approximate surface area is 105 Å². The van der Waals surface area contributed by atoms with Gasteiger partial charge in [-0.3, -0.25) is 0 Å². The average Bonchev–Trinajstić information content (AvgIpc) is 2.77. The molecule has 1 aromatic heterocycles. The van der Waals surface area contributed by atoms with Crippen LogP contribution in [0.5, 0.6) is 5.75 Å². The second-order valence-corrected chi connectivity index (χ2v) is 3.62. The van der Waals surface area contributed by atoms with E-state index in [4.69, 9.17) is 24.9 Å². The predicted octanol–water partition coefficient (Wildman–Crippen LogP) is 1.66. The van der Waals surface area contributed by atoms with Crippen molar-refractivity contribution in [2.75, 3.05) is 26.4 Å². The van der Waals surface area contributed by atoms with Gasteiger partial charge < -0.3 is 19.6 Å². The van der Waals surface area contributed by atoms with E-state index in [-0.39, 0.29) is 5.76 Å². The Bertz CT molecular complexity index is 557. The molecule has 5 nitrogen and oxygen atoms in total. The molecule has 18 heavy (non-hydrogen) atoms. The fourth-order valence-electron chi connectivity index (χ4n) is 1.63. The summed E-state index contributed by atoms with van der Waals surface area (Å²) >= 11 is 0. The first-order valence-corrected chi connectivity index (χ1v) is 5.69. The summed E-state index contributed by atoms with van der Waals surface area (Å²) in [6.07, 6.45) is 0. The minimum absolute atomic E-state index is 0.190. The number of ether oxygens (including phenoxy) is 2. The highest BCUT2D eigenvalue weighted by molar-refractivity contribution is 5.86. The van der Waals surface area contributed by atoms with Gasteiger partial charge in [0.1, 0.15) is 18.3 Å². The number of hydrogen-bond acceptors (Lipinski definition) is 5. The van der Waals surface area contributed by atoms with Gasteiger partial charge in [-0.25, -0.2) is 0 Å². The maximum Gasteiger partial charge on any atom is 0.246 e. The second kappa shape index (κ2) is 6.05. The van der Waals surface area contributed by atoms with E-state index in [2.05, 4.69) is 0 Å². The Balaban J connectivity index is 2.09. The Morgan fingerprint density at radius 2 is 2.06 bits per heavy atom. The van der Waals surface area contributed by atoms with Gasteiger partial charge in [0.2, 0.25) is 5.76 Å². The molecule has 0 aliphatic heterocycles. The third-order valence-corrected chi connectivity index (χ3v) is 2.39. The summed E-state index contributed by atoms with van der Waals surface area (Å²) in [5, 5.41) is 9.79. The number of furan rings is 1. The Morgan fingerprint density at radius 1 is 1.22 bits per heavy atom. The Kier molecular flexibility index (Phi) is 4.18. The van der Waals surface area contributed by atoms with Gasteiger partial charge in [0.25, 0.3) is 0 Å². The molecule has 94 valence electrons. The van der Waals surface area contributed by atoms with Crippen molar-refractivity contribution in [3.63, 3.8) is 0 Å². The smallest absolute Gasteiger partial charge is 0.246 e. The highest BCUT2D eigenvalue weighted by Crippen LogP contribution is 2.32. The summed E-state index contributed by atoms with van der Waals surface area (Å²) in [6.45, 7) is 1.78. The number of hydrogen-bond donors (Lipinski definition) is 1. The second-order valence-electron chi connectivity index (χ2n) is 3.62. The summed E-state index contributed by atoms with van der Waals surface area (Å²) in [7, 11) is 0. The van der Waals surface area contributed by atoms with Crippen molar-refractivity contribution in [3.8, 4) is 11.8 Å². The van der Waals surface area contributed by atoms with Gasteiger partial charge in [-0.1, -0.05) is 12.1 Å². The molecule has 0 aliphatic rings. The van der Waals surface area contributed by atoms with Crippen molar-refractivity contribution in [2.45, 2.75) is 0 Å². The quantitative estimate of drug-likeness (QED) is 0.784. The lowest BCUT2D eigenvalue weighted by atomic mass is 10.2. The molecule has 0 saturated carbocycles. The number of nitriles is 1. The van der Waals surface area contributed by atoms with Crippen molar-refractivity contribution in [3.05, 3.63) is 30.0 Å². The largest absolute Gasteiger partial charge is 0.486 e. The van der Waals surface area contributed by atoms with Gasteiger partial charge in [0.05, 0.1) is 18.6 Å². The number of nitrogens with zero attached hydrogens (tertiary/aromatic N) is 1. The van der Waals surface area contributed by atoms with E-state index in [0.29, 0.717) is 37.7 Å². The minimum Gasteiger partial charge on any atom is -0.486 e. The van der Waals surface area contributed by atoms with Crippen LogP contribution in [-0.4, -0.2) is 26.4 Å². The maximum atomic E-state index is 8.99. The molecule has 5 heteroatoms. The lowest BCUT2D eigenvalue weighted by molar-refractivity contribution is 0.106. The lowest BCUT2D eigenvalue weighted by Gasteiger charge is -2.05. The molecular formula is C13H14N2O3. The van der Waals surface area contributed by atoms with Crippen molar-refractivity contribution < 1.29 is 13.9 Å². The van der Waals surface area contributed by atoms with E-state index in [1.165, 1.54) is 0 Å². The van der Waals surface area contributed by atoms with Crippen molar-refractivity contribution in [2.24, 2.45) is 5.73 Å². The molecule has 0 aliphatic carbocycles. The van der Waals surface area contributed by atoms with E-state index in [9.17, 15) is 0 Å². The average molecular weight is 246 g/mol. The van der Waals surface area contributed by atoms with Crippen LogP contribution in [-0.2, 0) is 4.74 Å². The first-order chi connectivity index (χ1) is 8.86. The third kappa shape index (κ3) is 2.62. The molecule has 1 heterocycles. The van der Waals surface area contributed by atoms with Crippen LogP contribution in [0.4, 0.5) is 0 Å². The molecule has 2 aromatic rings. The molecule has 0 fully saturated rings. The van der Waals surface area contributed by atoms with Gasteiger partial charge in [-0.2, -0.15) is 5.26 Å². The van der Waals surface area contributed by atoms with E-state index < -0.39 is 0 Å². The van der Waals surface area contributed by atoms with E-state index in [1.54, 1.807) is 6.07 Å². The predicted molar refractivity (Wildman–Crippen MR) is 66.3 cm³/mol. The lowest BCUT2D eigenvalue weighted by Crippen LogP contribution is -2.13. The van der Waals surface area contributed by atoms with Crippen molar-refractivity contribution in [1.82, 2.24) is 0 Å².